The van der Waals surface area contributed by atoms with E-state index >= 15 is 0 Å². The summed E-state index contributed by atoms with van der Waals surface area (Å²) in [5.74, 6) is -0.0625. The molecule has 4 nitrogen and oxygen atoms in total. The van der Waals surface area contributed by atoms with Gasteiger partial charge in [0.25, 0.3) is 0 Å². The number of para-hydroxylation sites is 1. The zero-order chi connectivity index (χ0) is 24.5. The number of aryl methyl sites for hydroxylation is 1. The number of benzene rings is 4. The van der Waals surface area contributed by atoms with Gasteiger partial charge in [-0.1, -0.05) is 64.9 Å². The quantitative estimate of drug-likeness (QED) is 0.117. The first-order valence-electron chi connectivity index (χ1n) is 11.5. The van der Waals surface area contributed by atoms with E-state index in [9.17, 15) is 4.79 Å². The van der Waals surface area contributed by atoms with Crippen molar-refractivity contribution in [2.24, 2.45) is 0 Å². The van der Waals surface area contributed by atoms with Crippen molar-refractivity contribution in [3.05, 3.63) is 109 Å². The van der Waals surface area contributed by atoms with Crippen LogP contribution in [0.25, 0.3) is 32.8 Å². The number of rotatable bonds is 2. The van der Waals surface area contributed by atoms with Gasteiger partial charge >= 0.3 is 0 Å². The van der Waals surface area contributed by atoms with Crippen LogP contribution in [0.2, 0.25) is 0 Å². The molecule has 1 radical (unpaired) electrons. The van der Waals surface area contributed by atoms with Crippen LogP contribution in [0.4, 0.5) is 17.1 Å². The molecule has 181 valence electrons. The smallest absolute Gasteiger partial charge is 0.155 e. The van der Waals surface area contributed by atoms with Crippen LogP contribution < -0.4 is 4.90 Å². The average Bonchev–Trinajstić information content (AvgIpc) is 2.84. The molecule has 0 saturated heterocycles. The van der Waals surface area contributed by atoms with Crippen LogP contribution in [0.3, 0.4) is 0 Å². The number of allylic oxidation sites excluding steroid dienone is 2. The van der Waals surface area contributed by atoms with E-state index in [1.165, 1.54) is 47.3 Å². The van der Waals surface area contributed by atoms with Gasteiger partial charge in [-0.15, -0.1) is 23.8 Å². The summed E-state index contributed by atoms with van der Waals surface area (Å²) in [5, 5.41) is 13.2. The fourth-order valence-electron chi connectivity index (χ4n) is 4.61. The van der Waals surface area contributed by atoms with Gasteiger partial charge in [-0.2, -0.15) is 0 Å². The Kier molecular flexibility index (Phi) is 7.35. The van der Waals surface area contributed by atoms with Crippen molar-refractivity contribution < 1.29 is 30.0 Å². The van der Waals surface area contributed by atoms with E-state index in [0.717, 1.165) is 28.0 Å². The first-order valence-corrected chi connectivity index (χ1v) is 11.5. The Balaban J connectivity index is 0.000000338. The molecule has 0 fully saturated rings. The number of carbonyl (C=O) groups is 1. The standard InChI is InChI=1S/C26H17N2.C5H8O2.Ir/c1-17-13-14-19-16-27-25-21-11-5-7-18-8-6-12-23(24(18)21)28(26(25)22(19)15-17)20-9-3-2-4-10-20;1-4(6)3-5(2)7;/h2-10,12-16H,1H3;3,6H,1-2H3;/q-1;;/b;4-3-;. The van der Waals surface area contributed by atoms with E-state index in [1.807, 2.05) is 12.3 Å². The maximum atomic E-state index is 10.0. The Labute approximate surface area is 224 Å². The SMILES string of the molecule is CC(=O)/C=C(/C)O.Cc1ccc2cnc3c(c2c1)N(c1ccccc1)c1cccc2cc[c-]c-3c12.[Ir]. The molecule has 5 aromatic rings. The number of pyridine rings is 1. The number of aliphatic hydroxyl groups is 1. The molecular weight excluding hydrogens is 625 g/mol. The number of carbonyl (C=O) groups excluding carboxylic acids is 1. The molecule has 0 aliphatic carbocycles. The number of fused-ring (bicyclic) bond motifs is 4. The van der Waals surface area contributed by atoms with Gasteiger partial charge in [-0.3, -0.25) is 4.79 Å². The molecule has 1 aromatic heterocycles. The molecule has 1 N–H and O–H groups in total. The first-order chi connectivity index (χ1) is 16.9. The molecular formula is C31H25IrN2O2-. The molecule has 0 bridgehead atoms. The van der Waals surface area contributed by atoms with Crippen LogP contribution in [0.15, 0.2) is 96.9 Å². The van der Waals surface area contributed by atoms with E-state index in [4.69, 9.17) is 10.1 Å². The second-order valence-electron chi connectivity index (χ2n) is 8.71. The predicted molar refractivity (Wildman–Crippen MR) is 144 cm³/mol. The molecule has 0 unspecified atom stereocenters. The number of aromatic nitrogens is 1. The van der Waals surface area contributed by atoms with Gasteiger partial charge in [0.05, 0.1) is 5.76 Å². The summed E-state index contributed by atoms with van der Waals surface area (Å²) in [4.78, 5) is 17.3. The monoisotopic (exact) mass is 650 g/mol. The third kappa shape index (κ3) is 4.68. The van der Waals surface area contributed by atoms with Crippen LogP contribution in [0.5, 0.6) is 0 Å². The molecule has 36 heavy (non-hydrogen) atoms. The first kappa shape index (κ1) is 25.3. The van der Waals surface area contributed by atoms with Crippen LogP contribution in [0, 0.1) is 13.0 Å². The number of ketones is 1. The summed E-state index contributed by atoms with van der Waals surface area (Å²) in [6.45, 7) is 4.99. The summed E-state index contributed by atoms with van der Waals surface area (Å²) in [6.07, 6.45) is 3.15. The zero-order valence-corrected chi connectivity index (χ0v) is 22.6. The van der Waals surface area contributed by atoms with Crippen molar-refractivity contribution >= 4 is 44.4 Å². The summed E-state index contributed by atoms with van der Waals surface area (Å²) in [6, 6.07) is 31.2. The number of aliphatic hydroxyl groups excluding tert-OH is 1. The molecule has 4 aromatic carbocycles. The Morgan fingerprint density at radius 3 is 2.44 bits per heavy atom. The Hall–Kier alpha value is -3.79. The van der Waals surface area contributed by atoms with Gasteiger partial charge in [0, 0.05) is 65.9 Å². The van der Waals surface area contributed by atoms with Crippen molar-refractivity contribution in [1.82, 2.24) is 4.98 Å². The second kappa shape index (κ2) is 10.4. The molecule has 0 saturated carbocycles. The van der Waals surface area contributed by atoms with Crippen molar-refractivity contribution in [2.75, 3.05) is 4.90 Å². The number of hydrogen-bond donors (Lipinski definition) is 1. The largest absolute Gasteiger partial charge is 0.512 e. The molecule has 0 spiro atoms. The third-order valence-electron chi connectivity index (χ3n) is 5.96. The maximum absolute atomic E-state index is 10.0. The summed E-state index contributed by atoms with van der Waals surface area (Å²) >= 11 is 0. The van der Waals surface area contributed by atoms with E-state index in [2.05, 4.69) is 90.7 Å². The fourth-order valence-corrected chi connectivity index (χ4v) is 4.61. The summed E-state index contributed by atoms with van der Waals surface area (Å²) in [5.41, 5.74) is 6.77. The van der Waals surface area contributed by atoms with Gasteiger partial charge in [-0.05, 0) is 39.0 Å². The molecule has 1 aliphatic heterocycles. The van der Waals surface area contributed by atoms with E-state index < -0.39 is 0 Å². The van der Waals surface area contributed by atoms with Crippen LogP contribution in [-0.4, -0.2) is 15.9 Å². The average molecular weight is 650 g/mol. The minimum Gasteiger partial charge on any atom is -0.512 e. The van der Waals surface area contributed by atoms with E-state index in [-0.39, 0.29) is 31.6 Å². The number of anilines is 3. The van der Waals surface area contributed by atoms with Gasteiger partial charge in [0.15, 0.2) is 5.78 Å². The van der Waals surface area contributed by atoms with E-state index in [1.54, 1.807) is 0 Å². The van der Waals surface area contributed by atoms with Crippen molar-refractivity contribution in [1.29, 1.82) is 0 Å². The molecule has 1 aliphatic rings. The van der Waals surface area contributed by atoms with Gasteiger partial charge < -0.3 is 15.0 Å². The molecule has 0 amide bonds. The topological polar surface area (TPSA) is 53.4 Å². The van der Waals surface area contributed by atoms with Crippen molar-refractivity contribution in [3.8, 4) is 11.3 Å². The maximum Gasteiger partial charge on any atom is 0.155 e. The van der Waals surface area contributed by atoms with E-state index in [0.29, 0.717) is 0 Å². The number of hydrogen-bond acceptors (Lipinski definition) is 4. The third-order valence-corrected chi connectivity index (χ3v) is 5.96. The van der Waals surface area contributed by atoms with Crippen LogP contribution >= 0.6 is 0 Å². The van der Waals surface area contributed by atoms with Crippen LogP contribution in [-0.2, 0) is 24.9 Å². The van der Waals surface area contributed by atoms with Gasteiger partial charge in [0.2, 0.25) is 0 Å². The summed E-state index contributed by atoms with van der Waals surface area (Å²) < 4.78 is 0. The van der Waals surface area contributed by atoms with Gasteiger partial charge in [0.1, 0.15) is 0 Å². The van der Waals surface area contributed by atoms with Gasteiger partial charge in [-0.25, -0.2) is 0 Å². The van der Waals surface area contributed by atoms with Crippen molar-refractivity contribution in [2.45, 2.75) is 20.8 Å². The Bertz CT molecular complexity index is 1600. The second-order valence-corrected chi connectivity index (χ2v) is 8.71. The number of nitrogens with zero attached hydrogens (tertiary/aromatic N) is 2. The Morgan fingerprint density at radius 1 is 0.972 bits per heavy atom. The Morgan fingerprint density at radius 2 is 1.75 bits per heavy atom. The zero-order valence-electron chi connectivity index (χ0n) is 20.2. The normalized spacial score (nSPS) is 11.9. The molecule has 5 heteroatoms. The minimum atomic E-state index is -0.125. The fraction of sp³-hybridized carbons (Fsp3) is 0.0968. The predicted octanol–water partition coefficient (Wildman–Crippen LogP) is 7.98. The molecule has 0 atom stereocenters. The molecule has 6 rings (SSSR count). The summed E-state index contributed by atoms with van der Waals surface area (Å²) in [7, 11) is 0. The van der Waals surface area contributed by atoms with Crippen molar-refractivity contribution in [3.63, 3.8) is 0 Å². The minimum absolute atomic E-state index is 0. The van der Waals surface area contributed by atoms with Crippen LogP contribution in [0.1, 0.15) is 19.4 Å². The molecule has 2 heterocycles.